The van der Waals surface area contributed by atoms with Gasteiger partial charge in [0, 0.05) is 22.9 Å². The highest BCUT2D eigenvalue weighted by atomic mass is 16.5. The molecule has 2 aromatic rings. The average molecular weight is 243 g/mol. The minimum absolute atomic E-state index is 0.513. The quantitative estimate of drug-likeness (QED) is 0.898. The van der Waals surface area contributed by atoms with Crippen molar-refractivity contribution in [2.45, 2.75) is 0 Å². The summed E-state index contributed by atoms with van der Waals surface area (Å²) in [7, 11) is 3.34. The van der Waals surface area contributed by atoms with Gasteiger partial charge in [-0.05, 0) is 12.1 Å². The molecule has 0 bridgehead atoms. The highest BCUT2D eigenvalue weighted by Crippen LogP contribution is 2.35. The third-order valence-electron chi connectivity index (χ3n) is 2.86. The van der Waals surface area contributed by atoms with Crippen LogP contribution in [0.5, 0.6) is 11.5 Å². The van der Waals surface area contributed by atoms with Crippen molar-refractivity contribution < 1.29 is 9.47 Å². The summed E-state index contributed by atoms with van der Waals surface area (Å²) in [6.07, 6.45) is 3.88. The molecule has 94 valence electrons. The number of hydrogen-bond donors (Lipinski definition) is 1. The Kier molecular flexibility index (Phi) is 3.85. The number of fused-ring (bicyclic) bond motifs is 1. The fourth-order valence-corrected chi connectivity index (χ4v) is 2.05. The molecule has 18 heavy (non-hydrogen) atoms. The summed E-state index contributed by atoms with van der Waals surface area (Å²) in [6.45, 7) is 0.513. The lowest BCUT2D eigenvalue weighted by Gasteiger charge is -2.11. The highest BCUT2D eigenvalue weighted by molar-refractivity contribution is 5.95. The number of rotatable bonds is 4. The average Bonchev–Trinajstić information content (AvgIpc) is 2.43. The van der Waals surface area contributed by atoms with E-state index in [4.69, 9.17) is 15.2 Å². The fourth-order valence-electron chi connectivity index (χ4n) is 2.05. The predicted molar refractivity (Wildman–Crippen MR) is 75.1 cm³/mol. The number of nitrogens with two attached hydrogens (primary N) is 1. The molecule has 0 saturated carbocycles. The molecule has 2 aromatic carbocycles. The van der Waals surface area contributed by atoms with Gasteiger partial charge < -0.3 is 15.2 Å². The Morgan fingerprint density at radius 3 is 2.56 bits per heavy atom. The van der Waals surface area contributed by atoms with Gasteiger partial charge in [0.15, 0.2) is 0 Å². The smallest absolute Gasteiger partial charge is 0.134 e. The molecule has 0 spiro atoms. The summed E-state index contributed by atoms with van der Waals surface area (Å²) in [4.78, 5) is 0. The Bertz CT molecular complexity index is 576. The molecule has 0 aliphatic rings. The zero-order valence-electron chi connectivity index (χ0n) is 10.6. The van der Waals surface area contributed by atoms with Gasteiger partial charge in [-0.2, -0.15) is 0 Å². The summed E-state index contributed by atoms with van der Waals surface area (Å²) < 4.78 is 10.9. The number of benzene rings is 2. The standard InChI is InChI=1S/C15H17NO2/c1-17-14-7-3-6-13-12(14)9-8-11(5-4-10-16)15(13)18-2/h3-9H,10,16H2,1-2H3/b5-4+. The van der Waals surface area contributed by atoms with Crippen LogP contribution in [0, 0.1) is 0 Å². The predicted octanol–water partition coefficient (Wildman–Crippen LogP) is 2.83. The van der Waals surface area contributed by atoms with Crippen LogP contribution in [-0.4, -0.2) is 20.8 Å². The van der Waals surface area contributed by atoms with Gasteiger partial charge in [0.2, 0.25) is 0 Å². The Hall–Kier alpha value is -2.00. The zero-order valence-corrected chi connectivity index (χ0v) is 10.6. The third kappa shape index (κ3) is 2.17. The molecule has 2 N–H and O–H groups in total. The minimum Gasteiger partial charge on any atom is -0.496 e. The summed E-state index contributed by atoms with van der Waals surface area (Å²) in [6, 6.07) is 9.97. The van der Waals surface area contributed by atoms with Gasteiger partial charge in [0.25, 0.3) is 0 Å². The maximum Gasteiger partial charge on any atom is 0.134 e. The molecule has 2 rings (SSSR count). The van der Waals surface area contributed by atoms with Gasteiger partial charge in [0.05, 0.1) is 14.2 Å². The molecule has 0 aliphatic carbocycles. The SMILES string of the molecule is COc1cccc2c(OC)c(/C=C/CN)ccc12. The summed E-state index contributed by atoms with van der Waals surface area (Å²) in [5.41, 5.74) is 6.50. The summed E-state index contributed by atoms with van der Waals surface area (Å²) in [5, 5.41) is 2.08. The lowest BCUT2D eigenvalue weighted by Crippen LogP contribution is -1.94. The van der Waals surface area contributed by atoms with Crippen molar-refractivity contribution in [1.29, 1.82) is 0 Å². The van der Waals surface area contributed by atoms with Crippen LogP contribution in [0.25, 0.3) is 16.8 Å². The molecule has 3 nitrogen and oxygen atoms in total. The molecule has 0 aliphatic heterocycles. The van der Waals surface area contributed by atoms with Crippen LogP contribution in [-0.2, 0) is 0 Å². The summed E-state index contributed by atoms with van der Waals surface area (Å²) >= 11 is 0. The van der Waals surface area contributed by atoms with E-state index in [1.807, 2.05) is 42.5 Å². The molecule has 0 amide bonds. The second-order valence-corrected chi connectivity index (χ2v) is 3.88. The molecule has 0 heterocycles. The van der Waals surface area contributed by atoms with Gasteiger partial charge in [-0.25, -0.2) is 0 Å². The van der Waals surface area contributed by atoms with Crippen LogP contribution >= 0.6 is 0 Å². The van der Waals surface area contributed by atoms with Crippen molar-refractivity contribution in [3.05, 3.63) is 42.0 Å². The van der Waals surface area contributed by atoms with Gasteiger partial charge >= 0.3 is 0 Å². The maximum absolute atomic E-state index is 5.51. The third-order valence-corrected chi connectivity index (χ3v) is 2.86. The van der Waals surface area contributed by atoms with Crippen molar-refractivity contribution in [2.75, 3.05) is 20.8 Å². The lowest BCUT2D eigenvalue weighted by molar-refractivity contribution is 0.415. The monoisotopic (exact) mass is 243 g/mol. The van der Waals surface area contributed by atoms with E-state index < -0.39 is 0 Å². The van der Waals surface area contributed by atoms with E-state index in [9.17, 15) is 0 Å². The molecule has 0 atom stereocenters. The molecule has 0 aromatic heterocycles. The van der Waals surface area contributed by atoms with Crippen molar-refractivity contribution in [3.8, 4) is 11.5 Å². The highest BCUT2D eigenvalue weighted by Gasteiger charge is 2.08. The Morgan fingerprint density at radius 2 is 1.89 bits per heavy atom. The van der Waals surface area contributed by atoms with E-state index in [0.29, 0.717) is 6.54 Å². The second-order valence-electron chi connectivity index (χ2n) is 3.88. The van der Waals surface area contributed by atoms with Crippen molar-refractivity contribution >= 4 is 16.8 Å². The lowest BCUT2D eigenvalue weighted by atomic mass is 10.0. The first-order chi connectivity index (χ1) is 8.81. The van der Waals surface area contributed by atoms with E-state index in [-0.39, 0.29) is 0 Å². The van der Waals surface area contributed by atoms with Gasteiger partial charge in [-0.15, -0.1) is 0 Å². The molecule has 3 heteroatoms. The van der Waals surface area contributed by atoms with Crippen molar-refractivity contribution in [3.63, 3.8) is 0 Å². The topological polar surface area (TPSA) is 44.5 Å². The van der Waals surface area contributed by atoms with E-state index in [0.717, 1.165) is 27.8 Å². The molecule has 0 fully saturated rings. The van der Waals surface area contributed by atoms with E-state index in [1.54, 1.807) is 14.2 Å². The molecule has 0 unspecified atom stereocenters. The molecular weight excluding hydrogens is 226 g/mol. The van der Waals surface area contributed by atoms with E-state index in [1.165, 1.54) is 0 Å². The second kappa shape index (κ2) is 5.56. The Labute approximate surface area is 107 Å². The Morgan fingerprint density at radius 1 is 1.06 bits per heavy atom. The van der Waals surface area contributed by atoms with Crippen LogP contribution in [0.3, 0.4) is 0 Å². The zero-order chi connectivity index (χ0) is 13.0. The van der Waals surface area contributed by atoms with Crippen LogP contribution in [0.1, 0.15) is 5.56 Å². The number of methoxy groups -OCH3 is 2. The number of hydrogen-bond acceptors (Lipinski definition) is 3. The largest absolute Gasteiger partial charge is 0.496 e. The van der Waals surface area contributed by atoms with E-state index >= 15 is 0 Å². The van der Waals surface area contributed by atoms with Gasteiger partial charge in [-0.1, -0.05) is 30.4 Å². The fraction of sp³-hybridized carbons (Fsp3) is 0.200. The van der Waals surface area contributed by atoms with Crippen molar-refractivity contribution in [2.24, 2.45) is 5.73 Å². The minimum atomic E-state index is 0.513. The van der Waals surface area contributed by atoms with Gasteiger partial charge in [0.1, 0.15) is 11.5 Å². The van der Waals surface area contributed by atoms with E-state index in [2.05, 4.69) is 0 Å². The normalized spacial score (nSPS) is 11.1. The van der Waals surface area contributed by atoms with Crippen LogP contribution in [0.2, 0.25) is 0 Å². The van der Waals surface area contributed by atoms with Crippen LogP contribution in [0.15, 0.2) is 36.4 Å². The molecule has 0 saturated heterocycles. The van der Waals surface area contributed by atoms with Crippen molar-refractivity contribution in [1.82, 2.24) is 0 Å². The van der Waals surface area contributed by atoms with Gasteiger partial charge in [-0.3, -0.25) is 0 Å². The summed E-state index contributed by atoms with van der Waals surface area (Å²) in [5.74, 6) is 1.69. The molecular formula is C15H17NO2. The first-order valence-electron chi connectivity index (χ1n) is 5.82. The van der Waals surface area contributed by atoms with Crippen LogP contribution in [0.4, 0.5) is 0 Å². The Balaban J connectivity index is 2.68. The molecule has 0 radical (unpaired) electrons. The van der Waals surface area contributed by atoms with Crippen LogP contribution < -0.4 is 15.2 Å². The first kappa shape index (κ1) is 12.5. The maximum atomic E-state index is 5.51. The first-order valence-corrected chi connectivity index (χ1v) is 5.82. The number of ether oxygens (including phenoxy) is 2.